The Bertz CT molecular complexity index is 254. The van der Waals surface area contributed by atoms with Crippen LogP contribution >= 0.6 is 11.8 Å². The first-order valence-electron chi connectivity index (χ1n) is 3.03. The van der Waals surface area contributed by atoms with Crippen molar-refractivity contribution in [2.45, 2.75) is 5.75 Å². The van der Waals surface area contributed by atoms with E-state index >= 15 is 0 Å². The third-order valence-electron chi connectivity index (χ3n) is 1.15. The summed E-state index contributed by atoms with van der Waals surface area (Å²) in [4.78, 5) is 10.2. The van der Waals surface area contributed by atoms with E-state index in [-0.39, 0.29) is 5.76 Å². The molecule has 0 radical (unpaired) electrons. The molecule has 0 amide bonds. The van der Waals surface area contributed by atoms with Crippen LogP contribution in [-0.2, 0) is 5.75 Å². The maximum Gasteiger partial charge on any atom is 0.149 e. The zero-order valence-corrected chi connectivity index (χ0v) is 6.81. The lowest BCUT2D eigenvalue weighted by Gasteiger charge is -1.94. The van der Waals surface area contributed by atoms with Gasteiger partial charge in [-0.05, 0) is 18.4 Å². The monoisotopic (exact) mass is 171 g/mol. The summed E-state index contributed by atoms with van der Waals surface area (Å²) >= 11 is 1.57. The number of hydrogen-bond donors (Lipinski definition) is 0. The van der Waals surface area contributed by atoms with Crippen LogP contribution in [0, 0.1) is 0 Å². The molecule has 4 heteroatoms. The van der Waals surface area contributed by atoms with Crippen molar-refractivity contribution in [2.24, 2.45) is 0 Å². The van der Waals surface area contributed by atoms with Crippen LogP contribution < -0.4 is 5.11 Å². The van der Waals surface area contributed by atoms with Crippen LogP contribution in [0.5, 0.6) is 0 Å². The Morgan fingerprint density at radius 3 is 2.91 bits per heavy atom. The largest absolute Gasteiger partial charge is 0.542 e. The molecule has 1 rings (SSSR count). The molecule has 0 aliphatic rings. The van der Waals surface area contributed by atoms with E-state index in [9.17, 15) is 9.90 Å². The van der Waals surface area contributed by atoms with Crippen LogP contribution in [0.25, 0.3) is 0 Å². The number of thioether (sulfide) groups is 1. The Labute approximate surface area is 68.4 Å². The smallest absolute Gasteiger partial charge is 0.149 e. The summed E-state index contributed by atoms with van der Waals surface area (Å²) in [6.07, 6.45) is 1.92. The van der Waals surface area contributed by atoms with Crippen molar-refractivity contribution in [3.63, 3.8) is 0 Å². The molecule has 11 heavy (non-hydrogen) atoms. The highest BCUT2D eigenvalue weighted by atomic mass is 32.2. The quantitative estimate of drug-likeness (QED) is 0.664. The van der Waals surface area contributed by atoms with Crippen LogP contribution in [0.3, 0.4) is 0 Å². The molecule has 0 saturated heterocycles. The standard InChI is InChI=1S/C7H8O3S/c1-11-4-5-2-3-6(10-5)7(8)9/h2-3H,4H2,1H3,(H,8,9)/p-1. The van der Waals surface area contributed by atoms with Gasteiger partial charge in [0, 0.05) is 0 Å². The van der Waals surface area contributed by atoms with Gasteiger partial charge in [-0.15, -0.1) is 0 Å². The van der Waals surface area contributed by atoms with Crippen LogP contribution in [-0.4, -0.2) is 12.2 Å². The summed E-state index contributed by atoms with van der Waals surface area (Å²) in [7, 11) is 0. The molecule has 0 aliphatic heterocycles. The molecule has 0 N–H and O–H groups in total. The molecule has 0 spiro atoms. The maximum absolute atomic E-state index is 10.2. The highest BCUT2D eigenvalue weighted by molar-refractivity contribution is 7.97. The Balaban J connectivity index is 2.73. The highest BCUT2D eigenvalue weighted by Crippen LogP contribution is 2.12. The summed E-state index contributed by atoms with van der Waals surface area (Å²) in [5.74, 6) is -0.0177. The average Bonchev–Trinajstić information content (AvgIpc) is 2.37. The van der Waals surface area contributed by atoms with Crippen LogP contribution in [0.4, 0.5) is 0 Å². The second-order valence-electron chi connectivity index (χ2n) is 1.99. The second-order valence-corrected chi connectivity index (χ2v) is 2.85. The molecule has 0 saturated carbocycles. The minimum absolute atomic E-state index is 0.103. The minimum Gasteiger partial charge on any atom is -0.542 e. The van der Waals surface area contributed by atoms with Gasteiger partial charge >= 0.3 is 0 Å². The van der Waals surface area contributed by atoms with Gasteiger partial charge in [0.05, 0.1) is 5.75 Å². The Morgan fingerprint density at radius 2 is 2.45 bits per heavy atom. The van der Waals surface area contributed by atoms with E-state index in [2.05, 4.69) is 0 Å². The van der Waals surface area contributed by atoms with Gasteiger partial charge in [0.1, 0.15) is 17.5 Å². The number of carboxylic acids is 1. The maximum atomic E-state index is 10.2. The van der Waals surface area contributed by atoms with Crippen LogP contribution in [0.2, 0.25) is 0 Å². The van der Waals surface area contributed by atoms with E-state index in [1.54, 1.807) is 17.8 Å². The number of furan rings is 1. The molecule has 1 heterocycles. The molecule has 0 aromatic carbocycles. The predicted molar refractivity (Wildman–Crippen MR) is 40.3 cm³/mol. The highest BCUT2D eigenvalue weighted by Gasteiger charge is 2.00. The average molecular weight is 171 g/mol. The molecular formula is C7H7O3S-. The summed E-state index contributed by atoms with van der Waals surface area (Å²) < 4.78 is 4.90. The zero-order chi connectivity index (χ0) is 8.27. The van der Waals surface area contributed by atoms with Gasteiger partial charge in [0.2, 0.25) is 0 Å². The number of carboxylic acid groups (broad SMARTS) is 1. The van der Waals surface area contributed by atoms with E-state index in [1.165, 1.54) is 6.07 Å². The van der Waals surface area contributed by atoms with Gasteiger partial charge in [-0.1, -0.05) is 0 Å². The summed E-state index contributed by atoms with van der Waals surface area (Å²) in [6.45, 7) is 0. The molecule has 0 unspecified atom stereocenters. The topological polar surface area (TPSA) is 53.3 Å². The predicted octanol–water partition coefficient (Wildman–Crippen LogP) is 0.506. The molecule has 0 fully saturated rings. The van der Waals surface area contributed by atoms with E-state index < -0.39 is 5.97 Å². The second kappa shape index (κ2) is 3.48. The van der Waals surface area contributed by atoms with Crippen molar-refractivity contribution >= 4 is 17.7 Å². The summed E-state index contributed by atoms with van der Waals surface area (Å²) in [6, 6.07) is 3.04. The molecule has 0 aliphatic carbocycles. The number of hydrogen-bond acceptors (Lipinski definition) is 4. The summed E-state index contributed by atoms with van der Waals surface area (Å²) in [5.41, 5.74) is 0. The number of rotatable bonds is 3. The van der Waals surface area contributed by atoms with Crippen molar-refractivity contribution in [3.8, 4) is 0 Å². The molecule has 1 aromatic heterocycles. The SMILES string of the molecule is CSCc1ccc(C(=O)[O-])o1. The fraction of sp³-hybridized carbons (Fsp3) is 0.286. The van der Waals surface area contributed by atoms with Gasteiger partial charge < -0.3 is 14.3 Å². The number of aromatic carboxylic acids is 1. The van der Waals surface area contributed by atoms with E-state index in [1.807, 2.05) is 6.26 Å². The van der Waals surface area contributed by atoms with Crippen LogP contribution in [0.15, 0.2) is 16.5 Å². The van der Waals surface area contributed by atoms with Gasteiger partial charge in [-0.25, -0.2) is 0 Å². The third-order valence-corrected chi connectivity index (χ3v) is 1.72. The van der Waals surface area contributed by atoms with Gasteiger partial charge in [-0.3, -0.25) is 0 Å². The van der Waals surface area contributed by atoms with E-state index in [0.717, 1.165) is 0 Å². The summed E-state index contributed by atoms with van der Waals surface area (Å²) in [5, 5.41) is 10.2. The molecule has 60 valence electrons. The fourth-order valence-electron chi connectivity index (χ4n) is 0.707. The first kappa shape index (κ1) is 8.20. The van der Waals surface area contributed by atoms with E-state index in [4.69, 9.17) is 4.42 Å². The normalized spacial score (nSPS) is 9.91. The van der Waals surface area contributed by atoms with E-state index in [0.29, 0.717) is 11.5 Å². The Morgan fingerprint density at radius 1 is 1.73 bits per heavy atom. The van der Waals surface area contributed by atoms with Gasteiger partial charge in [0.25, 0.3) is 0 Å². The first-order valence-corrected chi connectivity index (χ1v) is 4.42. The van der Waals surface area contributed by atoms with Crippen molar-refractivity contribution in [1.82, 2.24) is 0 Å². The van der Waals surface area contributed by atoms with Crippen molar-refractivity contribution in [1.29, 1.82) is 0 Å². The Kier molecular flexibility index (Phi) is 2.59. The van der Waals surface area contributed by atoms with Gasteiger partial charge in [0.15, 0.2) is 0 Å². The fourth-order valence-corrected chi connectivity index (χ4v) is 1.15. The van der Waals surface area contributed by atoms with Crippen molar-refractivity contribution in [2.75, 3.05) is 6.26 Å². The minimum atomic E-state index is -1.27. The zero-order valence-electron chi connectivity index (χ0n) is 5.99. The molecule has 0 bridgehead atoms. The Hall–Kier alpha value is -0.900. The molecule has 1 aromatic rings. The number of carbonyl (C=O) groups excluding carboxylic acids is 1. The molecule has 0 atom stereocenters. The van der Waals surface area contributed by atoms with Gasteiger partial charge in [-0.2, -0.15) is 11.8 Å². The van der Waals surface area contributed by atoms with Crippen LogP contribution in [0.1, 0.15) is 16.3 Å². The lowest BCUT2D eigenvalue weighted by atomic mass is 10.4. The first-order chi connectivity index (χ1) is 5.24. The lowest BCUT2D eigenvalue weighted by molar-refractivity contribution is -0.257. The van der Waals surface area contributed by atoms with Crippen molar-refractivity contribution in [3.05, 3.63) is 23.7 Å². The molecule has 3 nitrogen and oxygen atoms in total. The lowest BCUT2D eigenvalue weighted by Crippen LogP contribution is -2.21. The third kappa shape index (κ3) is 2.01. The molecular weight excluding hydrogens is 164 g/mol. The van der Waals surface area contributed by atoms with Crippen molar-refractivity contribution < 1.29 is 14.3 Å². The number of carbonyl (C=O) groups is 1.